The first kappa shape index (κ1) is 15.5. The highest BCUT2D eigenvalue weighted by Crippen LogP contribution is 2.24. The number of nitrogens with two attached hydrogens (primary N) is 1. The minimum Gasteiger partial charge on any atom is -0.507 e. The fourth-order valence-corrected chi connectivity index (χ4v) is 1.63. The third kappa shape index (κ3) is 4.00. The Labute approximate surface area is 122 Å². The van der Waals surface area contributed by atoms with Crippen LogP contribution in [0.5, 0.6) is 5.75 Å². The van der Waals surface area contributed by atoms with Crippen LogP contribution in [-0.2, 0) is 0 Å². The number of primary amides is 1. The zero-order valence-electron chi connectivity index (χ0n) is 10.5. The Kier molecular flexibility index (Phi) is 5.56. The first-order valence-corrected chi connectivity index (χ1v) is 5.64. The lowest BCUT2D eigenvalue weighted by Crippen LogP contribution is -2.24. The zero-order chi connectivity index (χ0) is 13.7. The van der Waals surface area contributed by atoms with Crippen molar-refractivity contribution in [2.75, 3.05) is 0 Å². The molecule has 0 aromatic heterocycles. The lowest BCUT2D eigenvalue weighted by molar-refractivity contribution is 0.249. The molecule has 0 unspecified atom stereocenters. The number of aromatic hydroxyl groups is 1. The van der Waals surface area contributed by atoms with Gasteiger partial charge in [-0.15, -0.1) is 12.4 Å². The minimum atomic E-state index is -0.755. The van der Waals surface area contributed by atoms with Crippen LogP contribution in [0.2, 0.25) is 0 Å². The number of amides is 2. The molecule has 4 N–H and O–H groups in total. The van der Waals surface area contributed by atoms with Gasteiger partial charge in [0.1, 0.15) is 5.75 Å². The van der Waals surface area contributed by atoms with Gasteiger partial charge in [-0.1, -0.05) is 36.4 Å². The molecule has 0 aliphatic heterocycles. The fourth-order valence-electron chi connectivity index (χ4n) is 1.63. The van der Waals surface area contributed by atoms with Gasteiger partial charge in [-0.05, 0) is 23.3 Å². The van der Waals surface area contributed by atoms with Crippen LogP contribution >= 0.6 is 12.4 Å². The van der Waals surface area contributed by atoms with Gasteiger partial charge >= 0.3 is 6.03 Å². The van der Waals surface area contributed by atoms with Crippen LogP contribution in [0, 0.1) is 0 Å². The van der Waals surface area contributed by atoms with Gasteiger partial charge in [0.15, 0.2) is 0 Å². The number of carbonyl (C=O) groups is 1. The molecule has 0 atom stereocenters. The molecular weight excluding hydrogens is 278 g/mol. The molecule has 0 heterocycles. The summed E-state index contributed by atoms with van der Waals surface area (Å²) >= 11 is 0. The van der Waals surface area contributed by atoms with Crippen molar-refractivity contribution in [2.24, 2.45) is 10.8 Å². The van der Waals surface area contributed by atoms with Crippen molar-refractivity contribution in [3.8, 4) is 16.9 Å². The van der Waals surface area contributed by atoms with Crippen LogP contribution in [0.4, 0.5) is 4.79 Å². The highest BCUT2D eigenvalue weighted by Gasteiger charge is 2.02. The van der Waals surface area contributed by atoms with E-state index in [0.29, 0.717) is 5.56 Å². The molecule has 0 saturated carbocycles. The molecule has 2 aromatic rings. The van der Waals surface area contributed by atoms with E-state index in [9.17, 15) is 9.90 Å². The summed E-state index contributed by atoms with van der Waals surface area (Å²) in [5.74, 6) is 0.0784. The molecule has 2 aromatic carbocycles. The highest BCUT2D eigenvalue weighted by atomic mass is 35.5. The fraction of sp³-hybridized carbons (Fsp3) is 0. The average Bonchev–Trinajstić information content (AvgIpc) is 2.41. The SMILES string of the molecule is Cl.NC(=O)N/N=C/c1cc(-c2ccccc2)ccc1O. The summed E-state index contributed by atoms with van der Waals surface area (Å²) in [6.07, 6.45) is 1.34. The molecule has 2 rings (SSSR count). The Balaban J connectivity index is 0.00000200. The lowest BCUT2D eigenvalue weighted by atomic mass is 10.0. The van der Waals surface area contributed by atoms with Gasteiger partial charge in [0.05, 0.1) is 6.21 Å². The van der Waals surface area contributed by atoms with Crippen LogP contribution in [-0.4, -0.2) is 17.4 Å². The summed E-state index contributed by atoms with van der Waals surface area (Å²) in [4.78, 5) is 10.5. The largest absolute Gasteiger partial charge is 0.507 e. The Morgan fingerprint density at radius 1 is 1.15 bits per heavy atom. The maximum atomic E-state index is 10.5. The summed E-state index contributed by atoms with van der Waals surface area (Å²) in [5.41, 5.74) is 9.43. The molecule has 0 spiro atoms. The number of urea groups is 1. The number of hydrazone groups is 1. The third-order valence-electron chi connectivity index (χ3n) is 2.51. The van der Waals surface area contributed by atoms with Crippen molar-refractivity contribution >= 4 is 24.7 Å². The van der Waals surface area contributed by atoms with E-state index in [-0.39, 0.29) is 18.2 Å². The van der Waals surface area contributed by atoms with Gasteiger partial charge in [-0.3, -0.25) is 0 Å². The predicted octanol–water partition coefficient (Wildman–Crippen LogP) is 2.48. The molecular formula is C14H14ClN3O2. The van der Waals surface area contributed by atoms with Crippen molar-refractivity contribution < 1.29 is 9.90 Å². The Hall–Kier alpha value is -2.53. The van der Waals surface area contributed by atoms with Gasteiger partial charge in [-0.25, -0.2) is 10.2 Å². The quantitative estimate of drug-likeness (QED) is 0.599. The van der Waals surface area contributed by atoms with E-state index in [4.69, 9.17) is 5.73 Å². The number of carbonyl (C=O) groups excluding carboxylic acids is 1. The first-order chi connectivity index (χ1) is 9.16. The minimum absolute atomic E-state index is 0. The van der Waals surface area contributed by atoms with Gasteiger partial charge in [0.25, 0.3) is 0 Å². The number of benzene rings is 2. The van der Waals surface area contributed by atoms with E-state index < -0.39 is 6.03 Å². The highest BCUT2D eigenvalue weighted by molar-refractivity contribution is 5.87. The molecule has 0 fully saturated rings. The molecule has 0 radical (unpaired) electrons. The molecule has 20 heavy (non-hydrogen) atoms. The van der Waals surface area contributed by atoms with Gasteiger partial charge < -0.3 is 10.8 Å². The number of phenols is 1. The van der Waals surface area contributed by atoms with Crippen molar-refractivity contribution in [3.63, 3.8) is 0 Å². The van der Waals surface area contributed by atoms with Crippen LogP contribution in [0.15, 0.2) is 53.6 Å². The number of phenolic OH excluding ortho intramolecular Hbond substituents is 1. The molecule has 0 aliphatic rings. The van der Waals surface area contributed by atoms with Crippen molar-refractivity contribution in [3.05, 3.63) is 54.1 Å². The molecule has 6 heteroatoms. The third-order valence-corrected chi connectivity index (χ3v) is 2.51. The topological polar surface area (TPSA) is 87.7 Å². The number of nitrogens with one attached hydrogen (secondary N) is 1. The van der Waals surface area contributed by atoms with E-state index in [1.807, 2.05) is 36.4 Å². The molecule has 2 amide bonds. The predicted molar refractivity (Wildman–Crippen MR) is 81.1 cm³/mol. The number of halogens is 1. The summed E-state index contributed by atoms with van der Waals surface area (Å²) in [6, 6.07) is 14.1. The number of hydrogen-bond donors (Lipinski definition) is 3. The standard InChI is InChI=1S/C14H13N3O2.ClH/c15-14(19)17-16-9-12-8-11(6-7-13(12)18)10-4-2-1-3-5-10;/h1-9,18H,(H3,15,17,19);1H/b16-9+;. The Morgan fingerprint density at radius 2 is 1.85 bits per heavy atom. The average molecular weight is 292 g/mol. The van der Waals surface area contributed by atoms with E-state index in [1.165, 1.54) is 6.21 Å². The van der Waals surface area contributed by atoms with E-state index in [0.717, 1.165) is 11.1 Å². The molecule has 0 aliphatic carbocycles. The first-order valence-electron chi connectivity index (χ1n) is 5.64. The molecule has 0 bridgehead atoms. The second-order valence-electron chi connectivity index (χ2n) is 3.87. The van der Waals surface area contributed by atoms with E-state index in [2.05, 4.69) is 10.5 Å². The number of hydrogen-bond acceptors (Lipinski definition) is 3. The maximum Gasteiger partial charge on any atom is 0.332 e. The summed E-state index contributed by atoms with van der Waals surface area (Å²) in [6.45, 7) is 0. The molecule has 104 valence electrons. The Morgan fingerprint density at radius 3 is 2.50 bits per heavy atom. The monoisotopic (exact) mass is 291 g/mol. The van der Waals surface area contributed by atoms with Crippen LogP contribution in [0.1, 0.15) is 5.56 Å². The summed E-state index contributed by atoms with van der Waals surface area (Å²) in [5, 5.41) is 13.3. The summed E-state index contributed by atoms with van der Waals surface area (Å²) < 4.78 is 0. The lowest BCUT2D eigenvalue weighted by Gasteiger charge is -2.04. The van der Waals surface area contributed by atoms with Gasteiger partial charge in [-0.2, -0.15) is 5.10 Å². The van der Waals surface area contributed by atoms with Crippen LogP contribution in [0.3, 0.4) is 0 Å². The summed E-state index contributed by atoms with van der Waals surface area (Å²) in [7, 11) is 0. The van der Waals surface area contributed by atoms with Crippen LogP contribution in [0.25, 0.3) is 11.1 Å². The zero-order valence-corrected chi connectivity index (χ0v) is 11.3. The molecule has 5 nitrogen and oxygen atoms in total. The van der Waals surface area contributed by atoms with Gasteiger partial charge in [0.2, 0.25) is 0 Å². The van der Waals surface area contributed by atoms with Crippen molar-refractivity contribution in [1.82, 2.24) is 5.43 Å². The maximum absolute atomic E-state index is 10.5. The van der Waals surface area contributed by atoms with Crippen molar-refractivity contribution in [2.45, 2.75) is 0 Å². The van der Waals surface area contributed by atoms with E-state index in [1.54, 1.807) is 12.1 Å². The number of nitrogens with zero attached hydrogens (tertiary/aromatic N) is 1. The van der Waals surface area contributed by atoms with E-state index >= 15 is 0 Å². The normalized spacial score (nSPS) is 10.0. The second-order valence-corrected chi connectivity index (χ2v) is 3.87. The van der Waals surface area contributed by atoms with Crippen LogP contribution < -0.4 is 11.2 Å². The van der Waals surface area contributed by atoms with Crippen molar-refractivity contribution in [1.29, 1.82) is 0 Å². The second kappa shape index (κ2) is 7.16. The smallest absolute Gasteiger partial charge is 0.332 e. The molecule has 0 saturated heterocycles. The van der Waals surface area contributed by atoms with Gasteiger partial charge in [0, 0.05) is 5.56 Å². The number of rotatable bonds is 3. The Bertz CT molecular complexity index is 615.